The highest BCUT2D eigenvalue weighted by atomic mass is 31.2. The lowest BCUT2D eigenvalue weighted by atomic mass is 9.47. The van der Waals surface area contributed by atoms with Gasteiger partial charge >= 0.3 is 0 Å². The number of methoxy groups -OCH3 is 1. The topological polar surface area (TPSA) is 102 Å². The van der Waals surface area contributed by atoms with E-state index in [1.165, 1.54) is 6.42 Å². The summed E-state index contributed by atoms with van der Waals surface area (Å²) in [5, 5.41) is 17.9. The monoisotopic (exact) mass is 456 g/mol. The zero-order valence-electron chi connectivity index (χ0n) is 18.4. The van der Waals surface area contributed by atoms with Crippen LogP contribution in [0.4, 0.5) is 0 Å². The van der Waals surface area contributed by atoms with Crippen molar-refractivity contribution in [2.75, 3.05) is 19.4 Å². The number of benzene rings is 1. The van der Waals surface area contributed by atoms with Crippen LogP contribution in [0.2, 0.25) is 0 Å². The lowest BCUT2D eigenvalue weighted by molar-refractivity contribution is -0.645. The van der Waals surface area contributed by atoms with E-state index < -0.39 is 18.8 Å². The van der Waals surface area contributed by atoms with Gasteiger partial charge in [0.2, 0.25) is 7.37 Å². The van der Waals surface area contributed by atoms with Crippen molar-refractivity contribution in [3.05, 3.63) is 29.8 Å². The van der Waals surface area contributed by atoms with Gasteiger partial charge in [-0.3, -0.25) is 4.57 Å². The minimum Gasteiger partial charge on any atom is -0.443 e. The standard InChI is InChI=1S/C24H29N2O5P/c1-28-24(23(30-31-24)20-12-17-11-18(14-20)15-21(23)13-17)19-5-2-6-22(16-19)29-32(27,9-3-7-25)10-4-8-26/h2,5-6,16-18,20-21H,3-4,9-15H2,1H3. The van der Waals surface area contributed by atoms with Gasteiger partial charge in [0.15, 0.2) is 5.60 Å². The van der Waals surface area contributed by atoms with Crippen molar-refractivity contribution in [3.63, 3.8) is 0 Å². The minimum atomic E-state index is -3.17. The zero-order valence-corrected chi connectivity index (χ0v) is 19.3. The molecule has 1 aromatic rings. The molecule has 0 N–H and O–H groups in total. The molecule has 0 radical (unpaired) electrons. The third-order valence-electron chi connectivity index (χ3n) is 8.06. The van der Waals surface area contributed by atoms with E-state index in [0.717, 1.165) is 43.1 Å². The van der Waals surface area contributed by atoms with Gasteiger partial charge in [-0.2, -0.15) is 15.4 Å². The summed E-state index contributed by atoms with van der Waals surface area (Å²) >= 11 is 0. The highest BCUT2D eigenvalue weighted by Gasteiger charge is 2.76. The van der Waals surface area contributed by atoms with Gasteiger partial charge in [0.05, 0.1) is 12.1 Å². The Morgan fingerprint density at radius 2 is 1.66 bits per heavy atom. The summed E-state index contributed by atoms with van der Waals surface area (Å²) in [6, 6.07) is 11.4. The van der Waals surface area contributed by atoms with Gasteiger partial charge in [0.1, 0.15) is 5.75 Å². The Bertz CT molecular complexity index is 960. The Morgan fingerprint density at radius 3 is 2.16 bits per heavy atom. The average Bonchev–Trinajstić information content (AvgIpc) is 2.76. The van der Waals surface area contributed by atoms with Crippen LogP contribution in [0, 0.1) is 46.3 Å². The molecule has 4 bridgehead atoms. The first-order valence-electron chi connectivity index (χ1n) is 11.5. The van der Waals surface area contributed by atoms with E-state index in [2.05, 4.69) is 0 Å². The summed E-state index contributed by atoms with van der Waals surface area (Å²) in [6.07, 6.45) is 6.43. The van der Waals surface area contributed by atoms with E-state index in [4.69, 9.17) is 29.6 Å². The molecule has 1 spiro atoms. The molecule has 0 amide bonds. The van der Waals surface area contributed by atoms with Gasteiger partial charge in [-0.1, -0.05) is 12.1 Å². The molecule has 0 aromatic heterocycles. The maximum atomic E-state index is 13.3. The van der Waals surface area contributed by atoms with E-state index in [-0.39, 0.29) is 25.2 Å². The number of hydrogen-bond donors (Lipinski definition) is 0. The number of rotatable bonds is 8. The lowest BCUT2D eigenvalue weighted by Crippen LogP contribution is -2.76. The van der Waals surface area contributed by atoms with Crippen molar-refractivity contribution in [1.29, 1.82) is 10.5 Å². The molecular weight excluding hydrogens is 427 g/mol. The summed E-state index contributed by atoms with van der Waals surface area (Å²) < 4.78 is 25.3. The normalized spacial score (nSPS) is 37.0. The smallest absolute Gasteiger partial charge is 0.260 e. The molecular formula is C24H29N2O5P. The summed E-state index contributed by atoms with van der Waals surface area (Å²) in [6.45, 7) is 0. The van der Waals surface area contributed by atoms with Crippen molar-refractivity contribution in [2.24, 2.45) is 23.7 Å². The zero-order chi connectivity index (χ0) is 22.4. The molecule has 1 aromatic carbocycles. The van der Waals surface area contributed by atoms with Crippen LogP contribution < -0.4 is 4.52 Å². The largest absolute Gasteiger partial charge is 0.443 e. The van der Waals surface area contributed by atoms with E-state index >= 15 is 0 Å². The third kappa shape index (κ3) is 3.22. The summed E-state index contributed by atoms with van der Waals surface area (Å²) in [4.78, 5) is 11.8. The minimum absolute atomic E-state index is 0.121. The maximum Gasteiger partial charge on any atom is 0.260 e. The van der Waals surface area contributed by atoms with Crippen LogP contribution in [0.1, 0.15) is 50.5 Å². The van der Waals surface area contributed by atoms with E-state index in [9.17, 15) is 4.57 Å². The Hall–Kier alpha value is -1.89. The molecule has 5 fully saturated rings. The fourth-order valence-electron chi connectivity index (χ4n) is 6.95. The van der Waals surface area contributed by atoms with Crippen LogP contribution in [-0.4, -0.2) is 25.0 Å². The van der Waals surface area contributed by atoms with Gasteiger partial charge < -0.3 is 9.26 Å². The molecule has 6 rings (SSSR count). The molecule has 5 aliphatic rings. The first-order valence-corrected chi connectivity index (χ1v) is 13.5. The fourth-order valence-corrected chi connectivity index (χ4v) is 8.74. The van der Waals surface area contributed by atoms with E-state index in [1.54, 1.807) is 13.2 Å². The number of ether oxygens (including phenoxy) is 1. The molecule has 32 heavy (non-hydrogen) atoms. The van der Waals surface area contributed by atoms with Crippen LogP contribution in [0.5, 0.6) is 5.75 Å². The molecule has 170 valence electrons. The van der Waals surface area contributed by atoms with E-state index in [0.29, 0.717) is 17.6 Å². The molecule has 1 atom stereocenters. The third-order valence-corrected chi connectivity index (χ3v) is 10.4. The first kappa shape index (κ1) is 21.9. The molecule has 1 heterocycles. The Balaban J connectivity index is 1.45. The van der Waals surface area contributed by atoms with Crippen LogP contribution in [0.25, 0.3) is 0 Å². The average molecular weight is 456 g/mol. The van der Waals surface area contributed by atoms with Crippen molar-refractivity contribution >= 4 is 7.37 Å². The first-order chi connectivity index (χ1) is 15.5. The predicted molar refractivity (Wildman–Crippen MR) is 116 cm³/mol. The van der Waals surface area contributed by atoms with Crippen molar-refractivity contribution in [3.8, 4) is 17.9 Å². The van der Waals surface area contributed by atoms with Gasteiger partial charge in [0.25, 0.3) is 5.79 Å². The second kappa shape index (κ2) is 8.15. The summed E-state index contributed by atoms with van der Waals surface area (Å²) in [5.74, 6) is 1.78. The maximum absolute atomic E-state index is 13.3. The fraction of sp³-hybridized carbons (Fsp3) is 0.667. The molecule has 1 unspecified atom stereocenters. The van der Waals surface area contributed by atoms with Crippen LogP contribution in [0.3, 0.4) is 0 Å². The second-order valence-corrected chi connectivity index (χ2v) is 12.5. The van der Waals surface area contributed by atoms with Gasteiger partial charge in [0, 0.05) is 37.8 Å². The second-order valence-electron chi connectivity index (χ2n) is 9.78. The molecule has 1 aliphatic heterocycles. The van der Waals surface area contributed by atoms with Crippen molar-refractivity contribution < 1.29 is 23.6 Å². The van der Waals surface area contributed by atoms with E-state index in [1.807, 2.05) is 30.3 Å². The quantitative estimate of drug-likeness (QED) is 0.395. The summed E-state index contributed by atoms with van der Waals surface area (Å²) in [5.41, 5.74) is 0.294. The van der Waals surface area contributed by atoms with Gasteiger partial charge in [-0.05, 0) is 67.9 Å². The number of nitrogens with zero attached hydrogens (tertiary/aromatic N) is 2. The highest BCUT2D eigenvalue weighted by molar-refractivity contribution is 7.59. The Kier molecular flexibility index (Phi) is 5.59. The van der Waals surface area contributed by atoms with Gasteiger partial charge in [-0.15, -0.1) is 0 Å². The SMILES string of the molecule is COC1(c2cccc(OP(=O)(CCC#N)CCC#N)c2)OOC12C1CC3CC(C1)CC2C3. The number of hydrogen-bond acceptors (Lipinski definition) is 7. The molecule has 7 nitrogen and oxygen atoms in total. The van der Waals surface area contributed by atoms with Crippen LogP contribution >= 0.6 is 7.37 Å². The molecule has 4 aliphatic carbocycles. The highest BCUT2D eigenvalue weighted by Crippen LogP contribution is 2.69. The molecule has 4 saturated carbocycles. The lowest BCUT2D eigenvalue weighted by Gasteiger charge is -2.68. The van der Waals surface area contributed by atoms with Crippen molar-refractivity contribution in [1.82, 2.24) is 0 Å². The van der Waals surface area contributed by atoms with Crippen LogP contribution in [0.15, 0.2) is 24.3 Å². The Labute approximate surface area is 189 Å². The molecule has 8 heteroatoms. The van der Waals surface area contributed by atoms with Gasteiger partial charge in [-0.25, -0.2) is 4.89 Å². The predicted octanol–water partition coefficient (Wildman–Crippen LogP) is 5.13. The number of nitriles is 2. The molecule has 1 saturated heterocycles. The van der Waals surface area contributed by atoms with Crippen molar-refractivity contribution in [2.45, 2.75) is 56.3 Å². The summed E-state index contributed by atoms with van der Waals surface area (Å²) in [7, 11) is -1.50. The Morgan fingerprint density at radius 1 is 1.03 bits per heavy atom. The van der Waals surface area contributed by atoms with Crippen LogP contribution in [-0.2, 0) is 24.9 Å².